The van der Waals surface area contributed by atoms with Gasteiger partial charge in [0, 0.05) is 23.1 Å². The Hall–Kier alpha value is -2.56. The molecule has 0 atom stereocenters. The quantitative estimate of drug-likeness (QED) is 0.774. The summed E-state index contributed by atoms with van der Waals surface area (Å²) < 4.78 is 18.4. The standard InChI is InChI=1S/C16H15FN2O2/c1-10-12(13-9-11(17)4-5-14(13)19-10)6-7-18-16(20)15-3-2-8-21-15/h2-5,8-9,19H,6-7H2,1H3,(H,18,20). The van der Waals surface area contributed by atoms with E-state index in [0.717, 1.165) is 22.2 Å². The molecule has 0 aliphatic heterocycles. The van der Waals surface area contributed by atoms with E-state index in [1.54, 1.807) is 18.2 Å². The normalized spacial score (nSPS) is 11.0. The fourth-order valence-electron chi connectivity index (χ4n) is 2.47. The van der Waals surface area contributed by atoms with Crippen molar-refractivity contribution in [3.05, 3.63) is 59.4 Å². The van der Waals surface area contributed by atoms with Gasteiger partial charge in [-0.05, 0) is 49.2 Å². The number of hydrogen-bond donors (Lipinski definition) is 2. The van der Waals surface area contributed by atoms with Crippen molar-refractivity contribution in [3.8, 4) is 0 Å². The van der Waals surface area contributed by atoms with Crippen LogP contribution in [0.3, 0.4) is 0 Å². The first-order valence-electron chi connectivity index (χ1n) is 6.73. The van der Waals surface area contributed by atoms with Crippen molar-refractivity contribution in [1.29, 1.82) is 0 Å². The molecule has 0 bridgehead atoms. The highest BCUT2D eigenvalue weighted by molar-refractivity contribution is 5.91. The van der Waals surface area contributed by atoms with Crippen LogP contribution in [-0.2, 0) is 6.42 Å². The molecule has 108 valence electrons. The van der Waals surface area contributed by atoms with E-state index in [9.17, 15) is 9.18 Å². The number of aryl methyl sites for hydroxylation is 1. The molecule has 2 aromatic heterocycles. The fraction of sp³-hybridized carbons (Fsp3) is 0.188. The summed E-state index contributed by atoms with van der Waals surface area (Å²) in [4.78, 5) is 15.0. The van der Waals surface area contributed by atoms with Crippen molar-refractivity contribution in [3.63, 3.8) is 0 Å². The highest BCUT2D eigenvalue weighted by Gasteiger charge is 2.11. The maximum Gasteiger partial charge on any atom is 0.286 e. The molecule has 5 heteroatoms. The molecular formula is C16H15FN2O2. The maximum absolute atomic E-state index is 13.4. The SMILES string of the molecule is Cc1[nH]c2ccc(F)cc2c1CCNC(=O)c1ccco1. The number of amides is 1. The average molecular weight is 286 g/mol. The van der Waals surface area contributed by atoms with Gasteiger partial charge in [0.25, 0.3) is 5.91 Å². The average Bonchev–Trinajstić information content (AvgIpc) is 3.08. The Balaban J connectivity index is 1.72. The van der Waals surface area contributed by atoms with Crippen molar-refractivity contribution in [1.82, 2.24) is 10.3 Å². The molecule has 0 spiro atoms. The molecule has 2 N–H and O–H groups in total. The third kappa shape index (κ3) is 2.67. The lowest BCUT2D eigenvalue weighted by Gasteiger charge is -2.04. The number of carbonyl (C=O) groups is 1. The van der Waals surface area contributed by atoms with Crippen LogP contribution in [0.4, 0.5) is 4.39 Å². The summed E-state index contributed by atoms with van der Waals surface area (Å²) in [6.07, 6.45) is 2.09. The Bertz CT molecular complexity index is 775. The smallest absolute Gasteiger partial charge is 0.286 e. The molecular weight excluding hydrogens is 271 g/mol. The minimum Gasteiger partial charge on any atom is -0.459 e. The van der Waals surface area contributed by atoms with E-state index < -0.39 is 0 Å². The van der Waals surface area contributed by atoms with Crippen LogP contribution in [0.5, 0.6) is 0 Å². The monoisotopic (exact) mass is 286 g/mol. The summed E-state index contributed by atoms with van der Waals surface area (Å²) >= 11 is 0. The Morgan fingerprint density at radius 3 is 3.00 bits per heavy atom. The number of fused-ring (bicyclic) bond motifs is 1. The van der Waals surface area contributed by atoms with Gasteiger partial charge in [-0.2, -0.15) is 0 Å². The fourth-order valence-corrected chi connectivity index (χ4v) is 2.47. The zero-order chi connectivity index (χ0) is 14.8. The molecule has 4 nitrogen and oxygen atoms in total. The maximum atomic E-state index is 13.4. The van der Waals surface area contributed by atoms with Crippen LogP contribution in [-0.4, -0.2) is 17.4 Å². The van der Waals surface area contributed by atoms with E-state index in [-0.39, 0.29) is 17.5 Å². The van der Waals surface area contributed by atoms with Gasteiger partial charge >= 0.3 is 0 Å². The van der Waals surface area contributed by atoms with E-state index >= 15 is 0 Å². The van der Waals surface area contributed by atoms with Gasteiger partial charge in [-0.25, -0.2) is 4.39 Å². The van der Waals surface area contributed by atoms with E-state index in [2.05, 4.69) is 10.3 Å². The van der Waals surface area contributed by atoms with Crippen molar-refractivity contribution < 1.29 is 13.6 Å². The van der Waals surface area contributed by atoms with Gasteiger partial charge in [0.2, 0.25) is 0 Å². The predicted molar refractivity (Wildman–Crippen MR) is 77.7 cm³/mol. The van der Waals surface area contributed by atoms with Gasteiger partial charge in [0.1, 0.15) is 5.82 Å². The highest BCUT2D eigenvalue weighted by atomic mass is 19.1. The zero-order valence-corrected chi connectivity index (χ0v) is 11.6. The molecule has 1 aromatic carbocycles. The Morgan fingerprint density at radius 1 is 1.38 bits per heavy atom. The predicted octanol–water partition coefficient (Wildman–Crippen LogP) is 3.18. The number of halogens is 1. The van der Waals surface area contributed by atoms with Crippen molar-refractivity contribution in [2.24, 2.45) is 0 Å². The lowest BCUT2D eigenvalue weighted by Crippen LogP contribution is -2.25. The van der Waals surface area contributed by atoms with E-state index in [1.807, 2.05) is 6.92 Å². The Morgan fingerprint density at radius 2 is 2.24 bits per heavy atom. The number of H-pyrrole nitrogens is 1. The van der Waals surface area contributed by atoms with Crippen LogP contribution >= 0.6 is 0 Å². The molecule has 0 aliphatic carbocycles. The van der Waals surface area contributed by atoms with E-state index in [4.69, 9.17) is 4.42 Å². The molecule has 0 saturated carbocycles. The van der Waals surface area contributed by atoms with Crippen LogP contribution in [0.15, 0.2) is 41.0 Å². The van der Waals surface area contributed by atoms with Crippen LogP contribution in [0.2, 0.25) is 0 Å². The summed E-state index contributed by atoms with van der Waals surface area (Å²) in [7, 11) is 0. The molecule has 0 saturated heterocycles. The van der Waals surface area contributed by atoms with Crippen molar-refractivity contribution in [2.75, 3.05) is 6.54 Å². The first-order chi connectivity index (χ1) is 10.1. The Labute approximate surface area is 121 Å². The van der Waals surface area contributed by atoms with E-state index in [1.165, 1.54) is 18.4 Å². The van der Waals surface area contributed by atoms with Gasteiger partial charge < -0.3 is 14.7 Å². The summed E-state index contributed by atoms with van der Waals surface area (Å²) in [6, 6.07) is 7.95. The Kier molecular flexibility index (Phi) is 3.48. The lowest BCUT2D eigenvalue weighted by molar-refractivity contribution is 0.0926. The summed E-state index contributed by atoms with van der Waals surface area (Å²) in [5, 5.41) is 3.65. The third-order valence-electron chi connectivity index (χ3n) is 3.49. The van der Waals surface area contributed by atoms with Crippen LogP contribution in [0.1, 0.15) is 21.8 Å². The van der Waals surface area contributed by atoms with Crippen molar-refractivity contribution >= 4 is 16.8 Å². The zero-order valence-electron chi connectivity index (χ0n) is 11.6. The number of aromatic nitrogens is 1. The first-order valence-corrected chi connectivity index (χ1v) is 6.73. The number of furan rings is 1. The van der Waals surface area contributed by atoms with Crippen LogP contribution < -0.4 is 5.32 Å². The first kappa shape index (κ1) is 13.4. The molecule has 21 heavy (non-hydrogen) atoms. The van der Waals surface area contributed by atoms with Crippen molar-refractivity contribution in [2.45, 2.75) is 13.3 Å². The number of carbonyl (C=O) groups excluding carboxylic acids is 1. The van der Waals surface area contributed by atoms with Gasteiger partial charge in [-0.1, -0.05) is 0 Å². The van der Waals surface area contributed by atoms with Gasteiger partial charge in [0.15, 0.2) is 5.76 Å². The topological polar surface area (TPSA) is 58.0 Å². The molecule has 0 aliphatic rings. The molecule has 3 rings (SSSR count). The number of aromatic amines is 1. The number of rotatable bonds is 4. The second-order valence-electron chi connectivity index (χ2n) is 4.90. The van der Waals surface area contributed by atoms with Gasteiger partial charge in [0.05, 0.1) is 6.26 Å². The molecule has 0 fully saturated rings. The number of nitrogens with one attached hydrogen (secondary N) is 2. The molecule has 0 radical (unpaired) electrons. The summed E-state index contributed by atoms with van der Waals surface area (Å²) in [5.41, 5.74) is 2.91. The second kappa shape index (κ2) is 5.44. The molecule has 1 amide bonds. The summed E-state index contributed by atoms with van der Waals surface area (Å²) in [6.45, 7) is 2.41. The lowest BCUT2D eigenvalue weighted by atomic mass is 10.1. The summed E-state index contributed by atoms with van der Waals surface area (Å²) in [5.74, 6) is -0.220. The van der Waals surface area contributed by atoms with Gasteiger partial charge in [-0.3, -0.25) is 4.79 Å². The molecule has 2 heterocycles. The second-order valence-corrected chi connectivity index (χ2v) is 4.90. The minimum atomic E-state index is -0.262. The third-order valence-corrected chi connectivity index (χ3v) is 3.49. The molecule has 0 unspecified atom stereocenters. The molecule has 3 aromatic rings. The van der Waals surface area contributed by atoms with Crippen LogP contribution in [0.25, 0.3) is 10.9 Å². The largest absolute Gasteiger partial charge is 0.459 e. The number of benzene rings is 1. The van der Waals surface area contributed by atoms with Gasteiger partial charge in [-0.15, -0.1) is 0 Å². The van der Waals surface area contributed by atoms with E-state index in [0.29, 0.717) is 13.0 Å². The highest BCUT2D eigenvalue weighted by Crippen LogP contribution is 2.23. The minimum absolute atomic E-state index is 0.247. The number of hydrogen-bond acceptors (Lipinski definition) is 2. The van der Waals surface area contributed by atoms with Crippen LogP contribution in [0, 0.1) is 12.7 Å².